The van der Waals surface area contributed by atoms with Gasteiger partial charge in [-0.3, -0.25) is 4.72 Å². The Morgan fingerprint density at radius 1 is 1.47 bits per heavy atom. The van der Waals surface area contributed by atoms with Gasteiger partial charge < -0.3 is 5.73 Å². The molecule has 3 N–H and O–H groups in total. The molecule has 1 heterocycles. The summed E-state index contributed by atoms with van der Waals surface area (Å²) in [5.74, 6) is 0. The third-order valence-corrected chi connectivity index (χ3v) is 5.22. The molecule has 0 unspecified atom stereocenters. The summed E-state index contributed by atoms with van der Waals surface area (Å²) in [5, 5.41) is 0.285. The first kappa shape index (κ1) is 14.4. The van der Waals surface area contributed by atoms with Gasteiger partial charge in [-0.15, -0.1) is 0 Å². The molecule has 100 valence electrons. The second kappa shape index (κ2) is 5.53. The number of hydrogen-bond donors (Lipinski definition) is 2. The zero-order chi connectivity index (χ0) is 14.0. The lowest BCUT2D eigenvalue weighted by Gasteiger charge is -2.06. The highest BCUT2D eigenvalue weighted by Crippen LogP contribution is 2.25. The van der Waals surface area contributed by atoms with E-state index in [0.717, 1.165) is 3.79 Å². The largest absolute Gasteiger partial charge is 0.389 e. The summed E-state index contributed by atoms with van der Waals surface area (Å²) in [4.78, 5) is 4.15. The van der Waals surface area contributed by atoms with Crippen molar-refractivity contribution >= 4 is 59.6 Å². The fourth-order valence-corrected chi connectivity index (χ4v) is 3.81. The van der Waals surface area contributed by atoms with Crippen LogP contribution in [0, 0.1) is 0 Å². The molecule has 0 spiro atoms. The molecule has 0 radical (unpaired) electrons. The number of benzene rings is 1. The zero-order valence-electron chi connectivity index (χ0n) is 9.33. The molecule has 0 atom stereocenters. The zero-order valence-corrected chi connectivity index (χ0v) is 13.4. The summed E-state index contributed by atoms with van der Waals surface area (Å²) in [6.07, 6.45) is 1.52. The monoisotopic (exact) mass is 377 g/mol. The van der Waals surface area contributed by atoms with Gasteiger partial charge >= 0.3 is 0 Å². The second-order valence-electron chi connectivity index (χ2n) is 3.47. The van der Waals surface area contributed by atoms with E-state index in [4.69, 9.17) is 18.0 Å². The van der Waals surface area contributed by atoms with Crippen LogP contribution in [-0.4, -0.2) is 18.4 Å². The smallest absolute Gasteiger partial charge is 0.263 e. The lowest BCUT2D eigenvalue weighted by Crippen LogP contribution is -2.15. The average Bonchev–Trinajstić information content (AvgIpc) is 2.74. The molecule has 0 aliphatic heterocycles. The third kappa shape index (κ3) is 3.50. The number of hydrogen-bond acceptors (Lipinski definition) is 5. The van der Waals surface area contributed by atoms with Crippen LogP contribution in [0.15, 0.2) is 39.1 Å². The molecule has 0 saturated carbocycles. The Morgan fingerprint density at radius 2 is 2.21 bits per heavy atom. The molecule has 19 heavy (non-hydrogen) atoms. The summed E-state index contributed by atoms with van der Waals surface area (Å²) in [7, 11) is -3.69. The summed E-state index contributed by atoms with van der Waals surface area (Å²) >= 11 is 9.22. The van der Waals surface area contributed by atoms with Crippen LogP contribution >= 0.6 is 39.5 Å². The van der Waals surface area contributed by atoms with E-state index in [2.05, 4.69) is 25.6 Å². The first-order valence-electron chi connectivity index (χ1n) is 4.92. The van der Waals surface area contributed by atoms with Crippen LogP contribution in [-0.2, 0) is 10.0 Å². The minimum atomic E-state index is -3.69. The molecule has 2 rings (SSSR count). The molecule has 0 bridgehead atoms. The predicted molar refractivity (Wildman–Crippen MR) is 83.0 cm³/mol. The van der Waals surface area contributed by atoms with Crippen molar-refractivity contribution in [1.29, 1.82) is 0 Å². The Morgan fingerprint density at radius 3 is 2.79 bits per heavy atom. The van der Waals surface area contributed by atoms with Crippen molar-refractivity contribution in [2.75, 3.05) is 4.72 Å². The van der Waals surface area contributed by atoms with Crippen molar-refractivity contribution in [1.82, 2.24) is 4.98 Å². The van der Waals surface area contributed by atoms with Crippen LogP contribution in [0.4, 0.5) is 5.13 Å². The van der Waals surface area contributed by atoms with E-state index in [0.29, 0.717) is 5.56 Å². The van der Waals surface area contributed by atoms with E-state index in [1.807, 2.05) is 0 Å². The topological polar surface area (TPSA) is 85.1 Å². The lowest BCUT2D eigenvalue weighted by atomic mass is 10.2. The number of sulfonamides is 1. The highest BCUT2D eigenvalue weighted by Gasteiger charge is 2.16. The SMILES string of the molecule is NC(=S)c1cccc(S(=O)(=O)Nc2ncc(Br)s2)c1. The molecule has 2 aromatic rings. The summed E-state index contributed by atoms with van der Waals surface area (Å²) in [6.45, 7) is 0. The van der Waals surface area contributed by atoms with E-state index in [1.165, 1.54) is 29.7 Å². The summed E-state index contributed by atoms with van der Waals surface area (Å²) in [6, 6.07) is 6.13. The van der Waals surface area contributed by atoms with Gasteiger partial charge in [-0.1, -0.05) is 35.7 Å². The van der Waals surface area contributed by atoms with Crippen molar-refractivity contribution in [2.45, 2.75) is 4.90 Å². The van der Waals surface area contributed by atoms with Crippen LogP contribution in [0.2, 0.25) is 0 Å². The number of nitrogens with one attached hydrogen (secondary N) is 1. The van der Waals surface area contributed by atoms with E-state index >= 15 is 0 Å². The van der Waals surface area contributed by atoms with E-state index in [1.54, 1.807) is 12.1 Å². The Labute approximate surface area is 128 Å². The maximum absolute atomic E-state index is 12.1. The molecule has 0 amide bonds. The van der Waals surface area contributed by atoms with Gasteiger partial charge in [0.25, 0.3) is 10.0 Å². The van der Waals surface area contributed by atoms with Crippen molar-refractivity contribution < 1.29 is 8.42 Å². The predicted octanol–water partition coefficient (Wildman–Crippen LogP) is 2.34. The maximum Gasteiger partial charge on any atom is 0.263 e. The number of halogens is 1. The molecular formula is C10H8BrN3O2S3. The van der Waals surface area contributed by atoms with Gasteiger partial charge in [-0.2, -0.15) is 0 Å². The van der Waals surface area contributed by atoms with Crippen LogP contribution in [0.3, 0.4) is 0 Å². The second-order valence-corrected chi connectivity index (χ2v) is 8.00. The van der Waals surface area contributed by atoms with Gasteiger partial charge in [0.1, 0.15) is 4.99 Å². The Kier molecular flexibility index (Phi) is 4.19. The Hall–Kier alpha value is -1.03. The first-order chi connectivity index (χ1) is 8.88. The molecule has 0 fully saturated rings. The molecular weight excluding hydrogens is 370 g/mol. The third-order valence-electron chi connectivity index (χ3n) is 2.13. The minimum absolute atomic E-state index is 0.0872. The fourth-order valence-electron chi connectivity index (χ4n) is 1.29. The minimum Gasteiger partial charge on any atom is -0.389 e. The van der Waals surface area contributed by atoms with Gasteiger partial charge in [0.05, 0.1) is 14.9 Å². The Balaban J connectivity index is 2.34. The van der Waals surface area contributed by atoms with Gasteiger partial charge in [0, 0.05) is 5.56 Å². The number of aromatic nitrogens is 1. The number of thiazole rings is 1. The van der Waals surface area contributed by atoms with Crippen molar-refractivity contribution in [2.24, 2.45) is 5.73 Å². The van der Waals surface area contributed by atoms with Crippen molar-refractivity contribution in [3.63, 3.8) is 0 Å². The molecule has 5 nitrogen and oxygen atoms in total. The molecule has 0 aliphatic carbocycles. The van der Waals surface area contributed by atoms with Crippen molar-refractivity contribution in [3.8, 4) is 0 Å². The number of rotatable bonds is 4. The molecule has 9 heteroatoms. The Bertz CT molecular complexity index is 727. The van der Waals surface area contributed by atoms with Gasteiger partial charge in [-0.05, 0) is 28.1 Å². The quantitative estimate of drug-likeness (QED) is 0.798. The standard InChI is InChI=1S/C10H8BrN3O2S3/c11-8-5-13-10(18-8)14-19(15,16)7-3-1-2-6(4-7)9(12)17/h1-5H,(H2,12,17)(H,13,14). The molecule has 1 aromatic heterocycles. The van der Waals surface area contributed by atoms with E-state index in [9.17, 15) is 8.42 Å². The van der Waals surface area contributed by atoms with E-state index in [-0.39, 0.29) is 15.0 Å². The highest BCUT2D eigenvalue weighted by atomic mass is 79.9. The van der Waals surface area contributed by atoms with Gasteiger partial charge in [0.2, 0.25) is 0 Å². The van der Waals surface area contributed by atoms with E-state index < -0.39 is 10.0 Å². The molecule has 0 aliphatic rings. The maximum atomic E-state index is 12.1. The van der Waals surface area contributed by atoms with Gasteiger partial charge in [-0.25, -0.2) is 13.4 Å². The normalized spacial score (nSPS) is 11.2. The molecule has 1 aromatic carbocycles. The van der Waals surface area contributed by atoms with Crippen LogP contribution in [0.25, 0.3) is 0 Å². The van der Waals surface area contributed by atoms with Crippen LogP contribution < -0.4 is 10.5 Å². The summed E-state index contributed by atoms with van der Waals surface area (Å²) in [5.41, 5.74) is 5.98. The lowest BCUT2D eigenvalue weighted by molar-refractivity contribution is 0.601. The number of thiocarbonyl (C=S) groups is 1. The van der Waals surface area contributed by atoms with Crippen molar-refractivity contribution in [3.05, 3.63) is 39.8 Å². The number of anilines is 1. The highest BCUT2D eigenvalue weighted by molar-refractivity contribution is 9.11. The summed E-state index contributed by atoms with van der Waals surface area (Å²) < 4.78 is 27.4. The fraction of sp³-hybridized carbons (Fsp3) is 0. The number of nitrogens with two attached hydrogens (primary N) is 1. The van der Waals surface area contributed by atoms with Crippen LogP contribution in [0.5, 0.6) is 0 Å². The number of nitrogens with zero attached hydrogens (tertiary/aromatic N) is 1. The molecule has 0 saturated heterocycles. The van der Waals surface area contributed by atoms with Crippen LogP contribution in [0.1, 0.15) is 5.56 Å². The van der Waals surface area contributed by atoms with Gasteiger partial charge in [0.15, 0.2) is 5.13 Å². The average molecular weight is 378 g/mol. The first-order valence-corrected chi connectivity index (χ1v) is 8.42.